The van der Waals surface area contributed by atoms with Gasteiger partial charge in [-0.1, -0.05) is 93.9 Å². The minimum absolute atomic E-state index is 0.0396. The molecule has 0 spiro atoms. The van der Waals surface area contributed by atoms with Crippen LogP contribution in [0.5, 0.6) is 5.75 Å². The Hall–Kier alpha value is -2.90. The number of hydrogen-bond donors (Lipinski definition) is 2. The summed E-state index contributed by atoms with van der Waals surface area (Å²) in [5.41, 5.74) is 3.98. The third-order valence-corrected chi connectivity index (χ3v) is 13.3. The number of unbranched alkanes of at least 4 members (excludes halogenated alkanes) is 1. The van der Waals surface area contributed by atoms with Crippen LogP contribution in [-0.4, -0.2) is 31.8 Å². The molecule has 5 nitrogen and oxygen atoms in total. The average Bonchev–Trinajstić information content (AvgIpc) is 2.98. The summed E-state index contributed by atoms with van der Waals surface area (Å²) >= 11 is 6.03. The second-order valence-electron chi connectivity index (χ2n) is 12.9. The van der Waals surface area contributed by atoms with E-state index in [1.165, 1.54) is 5.56 Å². The lowest BCUT2D eigenvalue weighted by Gasteiger charge is -2.40. The standard InChI is InChI=1S/C36H47ClN2O3Si/c1-36(2,3)43(4,5)42-33(25-38-29(18-12-13-23-37)24-27-14-8-6-9-15-27)30-19-21-32(35-31(30)20-22-34(40)39-35)41-26-28-16-10-7-11-17-28/h6-11,14-17,19-22,29,33,38H,12-13,18,23-26H2,1-5H3,(H,39,40)/t29-,33?/m1/s1. The second kappa shape index (κ2) is 15.2. The Morgan fingerprint density at radius 2 is 1.56 bits per heavy atom. The molecule has 0 amide bonds. The summed E-state index contributed by atoms with van der Waals surface area (Å²) < 4.78 is 13.4. The maximum absolute atomic E-state index is 12.5. The monoisotopic (exact) mass is 618 g/mol. The van der Waals surface area contributed by atoms with Crippen LogP contribution in [0.3, 0.4) is 0 Å². The third-order valence-electron chi connectivity index (χ3n) is 8.57. The Kier molecular flexibility index (Phi) is 11.7. The van der Waals surface area contributed by atoms with E-state index in [1.807, 2.05) is 42.5 Å². The molecule has 4 aromatic rings. The normalized spacial score (nSPS) is 13.6. The molecule has 0 bridgehead atoms. The van der Waals surface area contributed by atoms with Crippen LogP contribution in [0, 0.1) is 0 Å². The molecular weight excluding hydrogens is 572 g/mol. The molecule has 230 valence electrons. The highest BCUT2D eigenvalue weighted by molar-refractivity contribution is 6.74. The Morgan fingerprint density at radius 3 is 2.21 bits per heavy atom. The fourth-order valence-electron chi connectivity index (χ4n) is 5.07. The van der Waals surface area contributed by atoms with Gasteiger partial charge in [0.05, 0.1) is 11.6 Å². The van der Waals surface area contributed by atoms with Crippen molar-refractivity contribution in [1.82, 2.24) is 10.3 Å². The van der Waals surface area contributed by atoms with Gasteiger partial charge in [-0.05, 0) is 66.2 Å². The first-order valence-electron chi connectivity index (χ1n) is 15.4. The smallest absolute Gasteiger partial charge is 0.248 e. The number of alkyl halides is 1. The molecule has 1 heterocycles. The van der Waals surface area contributed by atoms with Gasteiger partial charge >= 0.3 is 0 Å². The quantitative estimate of drug-likeness (QED) is 0.0794. The Balaban J connectivity index is 1.67. The molecule has 4 rings (SSSR count). The maximum Gasteiger partial charge on any atom is 0.248 e. The molecule has 2 N–H and O–H groups in total. The lowest BCUT2D eigenvalue weighted by Crippen LogP contribution is -2.44. The molecule has 0 radical (unpaired) electrons. The third kappa shape index (κ3) is 9.29. The number of aromatic nitrogens is 1. The van der Waals surface area contributed by atoms with Crippen LogP contribution in [0.4, 0.5) is 0 Å². The van der Waals surface area contributed by atoms with Gasteiger partial charge in [0.25, 0.3) is 0 Å². The minimum atomic E-state index is -2.16. The molecular formula is C36H47ClN2O3Si. The van der Waals surface area contributed by atoms with Crippen LogP contribution in [0.1, 0.15) is 62.8 Å². The highest BCUT2D eigenvalue weighted by atomic mass is 35.5. The van der Waals surface area contributed by atoms with Crippen molar-refractivity contribution in [3.63, 3.8) is 0 Å². The molecule has 0 aliphatic carbocycles. The van der Waals surface area contributed by atoms with E-state index < -0.39 is 8.32 Å². The first kappa shape index (κ1) is 33.0. The summed E-state index contributed by atoms with van der Waals surface area (Å²) in [7, 11) is -2.16. The van der Waals surface area contributed by atoms with Gasteiger partial charge in [-0.15, -0.1) is 11.6 Å². The summed E-state index contributed by atoms with van der Waals surface area (Å²) in [6, 6.07) is 28.6. The van der Waals surface area contributed by atoms with E-state index in [0.29, 0.717) is 30.3 Å². The number of nitrogens with one attached hydrogen (secondary N) is 2. The summed E-state index contributed by atoms with van der Waals surface area (Å²) in [5.74, 6) is 1.33. The lowest BCUT2D eigenvalue weighted by molar-refractivity contribution is 0.175. The van der Waals surface area contributed by atoms with Gasteiger partial charge in [-0.2, -0.15) is 0 Å². The maximum atomic E-state index is 12.5. The zero-order valence-electron chi connectivity index (χ0n) is 26.3. The van der Waals surface area contributed by atoms with Crippen molar-refractivity contribution in [2.45, 2.75) is 83.3 Å². The molecule has 2 atom stereocenters. The molecule has 3 aromatic carbocycles. The fourth-order valence-corrected chi connectivity index (χ4v) is 6.53. The number of fused-ring (bicyclic) bond motifs is 1. The predicted molar refractivity (Wildman–Crippen MR) is 183 cm³/mol. The van der Waals surface area contributed by atoms with Gasteiger partial charge in [-0.3, -0.25) is 4.79 Å². The number of benzene rings is 3. The van der Waals surface area contributed by atoms with E-state index in [0.717, 1.165) is 42.2 Å². The van der Waals surface area contributed by atoms with E-state index in [4.69, 9.17) is 20.8 Å². The largest absolute Gasteiger partial charge is 0.487 e. The molecule has 0 saturated heterocycles. The molecule has 43 heavy (non-hydrogen) atoms. The van der Waals surface area contributed by atoms with Crippen molar-refractivity contribution < 1.29 is 9.16 Å². The molecule has 7 heteroatoms. The molecule has 0 saturated carbocycles. The molecule has 1 unspecified atom stereocenters. The van der Waals surface area contributed by atoms with Crippen molar-refractivity contribution in [2.75, 3.05) is 12.4 Å². The van der Waals surface area contributed by atoms with Crippen molar-refractivity contribution in [1.29, 1.82) is 0 Å². The zero-order chi connectivity index (χ0) is 30.9. The van der Waals surface area contributed by atoms with Gasteiger partial charge in [-0.25, -0.2) is 0 Å². The summed E-state index contributed by atoms with van der Waals surface area (Å²) in [6.07, 6.45) is 3.84. The number of halogens is 1. The first-order chi connectivity index (χ1) is 20.6. The second-order valence-corrected chi connectivity index (χ2v) is 18.0. The van der Waals surface area contributed by atoms with E-state index in [9.17, 15) is 4.79 Å². The predicted octanol–water partition coefficient (Wildman–Crippen LogP) is 8.78. The first-order valence-corrected chi connectivity index (χ1v) is 18.9. The van der Waals surface area contributed by atoms with Crippen LogP contribution in [0.25, 0.3) is 10.9 Å². The number of pyridine rings is 1. The van der Waals surface area contributed by atoms with E-state index in [1.54, 1.807) is 6.07 Å². The number of ether oxygens (including phenoxy) is 1. The number of rotatable bonds is 15. The topological polar surface area (TPSA) is 63.4 Å². The van der Waals surface area contributed by atoms with E-state index in [-0.39, 0.29) is 22.7 Å². The molecule has 0 aliphatic rings. The average molecular weight is 619 g/mol. The van der Waals surface area contributed by atoms with Crippen molar-refractivity contribution in [3.8, 4) is 5.75 Å². The molecule has 0 aliphatic heterocycles. The van der Waals surface area contributed by atoms with E-state index >= 15 is 0 Å². The number of hydrogen-bond acceptors (Lipinski definition) is 4. The number of aromatic amines is 1. The van der Waals surface area contributed by atoms with Crippen molar-refractivity contribution >= 4 is 30.8 Å². The van der Waals surface area contributed by atoms with Crippen LogP contribution in [0.2, 0.25) is 18.1 Å². The van der Waals surface area contributed by atoms with Gasteiger partial charge in [0.1, 0.15) is 12.4 Å². The Bertz CT molecular complexity index is 1490. The summed E-state index contributed by atoms with van der Waals surface area (Å²) in [6.45, 7) is 12.5. The van der Waals surface area contributed by atoms with Crippen LogP contribution >= 0.6 is 11.6 Å². The van der Waals surface area contributed by atoms with E-state index in [2.05, 4.69) is 80.6 Å². The van der Waals surface area contributed by atoms with Gasteiger partial charge in [0.15, 0.2) is 8.32 Å². The van der Waals surface area contributed by atoms with Crippen molar-refractivity contribution in [3.05, 3.63) is 112 Å². The van der Waals surface area contributed by atoms with Crippen LogP contribution in [0.15, 0.2) is 89.7 Å². The Morgan fingerprint density at radius 1 is 0.884 bits per heavy atom. The van der Waals surface area contributed by atoms with Gasteiger partial charge in [0.2, 0.25) is 5.56 Å². The lowest BCUT2D eigenvalue weighted by atomic mass is 9.99. The SMILES string of the molecule is CC(C)(C)[Si](C)(C)OC(CN[C@H](CCCCCl)Cc1ccccc1)c1ccc(OCc2ccccc2)c2[nH]c(=O)ccc12. The summed E-state index contributed by atoms with van der Waals surface area (Å²) in [5, 5.41) is 4.87. The van der Waals surface area contributed by atoms with Crippen LogP contribution in [-0.2, 0) is 17.5 Å². The minimum Gasteiger partial charge on any atom is -0.487 e. The fraction of sp³-hybridized carbons (Fsp3) is 0.417. The Labute approximate surface area is 263 Å². The van der Waals surface area contributed by atoms with Gasteiger partial charge in [0, 0.05) is 29.9 Å². The number of H-pyrrole nitrogens is 1. The van der Waals surface area contributed by atoms with Gasteiger partial charge < -0.3 is 19.5 Å². The van der Waals surface area contributed by atoms with Crippen LogP contribution < -0.4 is 15.6 Å². The highest BCUT2D eigenvalue weighted by Crippen LogP contribution is 2.41. The molecule has 0 fully saturated rings. The highest BCUT2D eigenvalue weighted by Gasteiger charge is 2.40. The zero-order valence-corrected chi connectivity index (χ0v) is 28.0. The van der Waals surface area contributed by atoms with Crippen molar-refractivity contribution in [2.24, 2.45) is 0 Å². The molecule has 1 aromatic heterocycles. The summed E-state index contributed by atoms with van der Waals surface area (Å²) in [4.78, 5) is 15.6.